The van der Waals surface area contributed by atoms with Crippen molar-refractivity contribution < 1.29 is 0 Å². The Balaban J connectivity index is 1.92. The van der Waals surface area contributed by atoms with Gasteiger partial charge in [-0.05, 0) is 39.0 Å². The van der Waals surface area contributed by atoms with Gasteiger partial charge in [-0.2, -0.15) is 0 Å². The molecular formula is C14H25N5. The molecule has 1 unspecified atom stereocenters. The van der Waals surface area contributed by atoms with Gasteiger partial charge in [0, 0.05) is 30.9 Å². The van der Waals surface area contributed by atoms with Crippen LogP contribution in [-0.2, 0) is 6.54 Å². The van der Waals surface area contributed by atoms with Crippen LogP contribution in [0.25, 0.3) is 0 Å². The average molecular weight is 263 g/mol. The second-order valence-corrected chi connectivity index (χ2v) is 5.28. The van der Waals surface area contributed by atoms with Crippen molar-refractivity contribution in [3.05, 3.63) is 23.9 Å². The van der Waals surface area contributed by atoms with E-state index in [1.807, 2.05) is 6.07 Å². The normalized spacial score (nSPS) is 20.1. The summed E-state index contributed by atoms with van der Waals surface area (Å²) in [7, 11) is 2.17. The van der Waals surface area contributed by atoms with Crippen molar-refractivity contribution in [2.24, 2.45) is 5.84 Å². The Kier molecular flexibility index (Phi) is 5.13. The summed E-state index contributed by atoms with van der Waals surface area (Å²) in [5.74, 6) is 6.27. The van der Waals surface area contributed by atoms with E-state index in [0.29, 0.717) is 6.04 Å². The molecule has 0 aliphatic carbocycles. The molecule has 1 saturated heterocycles. The summed E-state index contributed by atoms with van der Waals surface area (Å²) >= 11 is 0. The molecule has 0 radical (unpaired) electrons. The first-order chi connectivity index (χ1) is 9.24. The van der Waals surface area contributed by atoms with Gasteiger partial charge in [0.05, 0.1) is 0 Å². The van der Waals surface area contributed by atoms with Gasteiger partial charge in [0.2, 0.25) is 0 Å². The largest absolute Gasteiger partial charge is 0.308 e. The number of aromatic nitrogens is 1. The summed E-state index contributed by atoms with van der Waals surface area (Å²) < 4.78 is 0. The predicted molar refractivity (Wildman–Crippen MR) is 78.7 cm³/mol. The molecule has 5 heteroatoms. The average Bonchev–Trinajstić information content (AvgIpc) is 2.86. The Bertz CT molecular complexity index is 395. The highest BCUT2D eigenvalue weighted by atomic mass is 15.3. The zero-order chi connectivity index (χ0) is 13.7. The fraction of sp³-hybridized carbons (Fsp3) is 0.643. The van der Waals surface area contributed by atoms with Crippen LogP contribution in [0, 0.1) is 0 Å². The van der Waals surface area contributed by atoms with E-state index in [2.05, 4.69) is 40.2 Å². The van der Waals surface area contributed by atoms with Crippen LogP contribution in [0.1, 0.15) is 25.3 Å². The Morgan fingerprint density at radius 1 is 1.58 bits per heavy atom. The van der Waals surface area contributed by atoms with Crippen LogP contribution in [-0.4, -0.2) is 47.5 Å². The lowest BCUT2D eigenvalue weighted by atomic mass is 10.2. The molecule has 2 rings (SSSR count). The summed E-state index contributed by atoms with van der Waals surface area (Å²) in [6.45, 7) is 6.63. The Morgan fingerprint density at radius 2 is 2.42 bits per heavy atom. The van der Waals surface area contributed by atoms with Crippen molar-refractivity contribution in [3.8, 4) is 0 Å². The van der Waals surface area contributed by atoms with Gasteiger partial charge >= 0.3 is 0 Å². The molecule has 0 aromatic carbocycles. The first-order valence-corrected chi connectivity index (χ1v) is 7.07. The molecule has 19 heavy (non-hydrogen) atoms. The molecule has 1 aliphatic heterocycles. The van der Waals surface area contributed by atoms with Crippen molar-refractivity contribution >= 4 is 5.82 Å². The monoisotopic (exact) mass is 263 g/mol. The standard InChI is InChI=1S/C14H25N5/c1-3-19-9-5-7-13(19)11-18(2)10-12-6-4-8-16-14(12)17-15/h4,6,8,13H,3,5,7,9-11,15H2,1-2H3,(H,16,17). The quantitative estimate of drug-likeness (QED) is 0.598. The van der Waals surface area contributed by atoms with Crippen molar-refractivity contribution in [1.29, 1.82) is 0 Å². The maximum absolute atomic E-state index is 5.49. The molecule has 5 nitrogen and oxygen atoms in total. The fourth-order valence-corrected chi connectivity index (χ4v) is 2.93. The third-order valence-corrected chi connectivity index (χ3v) is 3.90. The highest BCUT2D eigenvalue weighted by molar-refractivity contribution is 5.42. The number of likely N-dealkylation sites (tertiary alicyclic amines) is 1. The maximum Gasteiger partial charge on any atom is 0.144 e. The van der Waals surface area contributed by atoms with Gasteiger partial charge in [-0.25, -0.2) is 10.8 Å². The van der Waals surface area contributed by atoms with Crippen molar-refractivity contribution in [3.63, 3.8) is 0 Å². The van der Waals surface area contributed by atoms with E-state index in [-0.39, 0.29) is 0 Å². The third-order valence-electron chi connectivity index (χ3n) is 3.90. The van der Waals surface area contributed by atoms with E-state index in [4.69, 9.17) is 5.84 Å². The number of likely N-dealkylation sites (N-methyl/N-ethyl adjacent to an activating group) is 2. The van der Waals surface area contributed by atoms with Gasteiger partial charge in [-0.3, -0.25) is 4.90 Å². The maximum atomic E-state index is 5.49. The summed E-state index contributed by atoms with van der Waals surface area (Å²) in [5.41, 5.74) is 3.81. The highest BCUT2D eigenvalue weighted by Gasteiger charge is 2.24. The van der Waals surface area contributed by atoms with Crippen molar-refractivity contribution in [2.75, 3.05) is 32.1 Å². The lowest BCUT2D eigenvalue weighted by molar-refractivity contribution is 0.195. The van der Waals surface area contributed by atoms with Gasteiger partial charge in [-0.1, -0.05) is 13.0 Å². The van der Waals surface area contributed by atoms with E-state index in [1.165, 1.54) is 19.4 Å². The van der Waals surface area contributed by atoms with E-state index < -0.39 is 0 Å². The number of rotatable bonds is 6. The zero-order valence-electron chi connectivity index (χ0n) is 12.0. The Morgan fingerprint density at radius 3 is 3.16 bits per heavy atom. The van der Waals surface area contributed by atoms with Gasteiger partial charge in [0.1, 0.15) is 5.82 Å². The highest BCUT2D eigenvalue weighted by Crippen LogP contribution is 2.19. The number of nitrogens with zero attached hydrogens (tertiary/aromatic N) is 3. The van der Waals surface area contributed by atoms with Crippen LogP contribution in [0.5, 0.6) is 0 Å². The minimum absolute atomic E-state index is 0.695. The molecule has 1 aromatic rings. The Hall–Kier alpha value is -1.17. The molecule has 0 saturated carbocycles. The van der Waals surface area contributed by atoms with Crippen LogP contribution in [0.2, 0.25) is 0 Å². The van der Waals surface area contributed by atoms with Crippen molar-refractivity contribution in [2.45, 2.75) is 32.4 Å². The van der Waals surface area contributed by atoms with Crippen LogP contribution < -0.4 is 11.3 Å². The van der Waals surface area contributed by atoms with Gasteiger partial charge in [0.25, 0.3) is 0 Å². The molecule has 106 valence electrons. The summed E-state index contributed by atoms with van der Waals surface area (Å²) in [6, 6.07) is 4.73. The van der Waals surface area contributed by atoms with E-state index in [1.54, 1.807) is 6.20 Å². The zero-order valence-corrected chi connectivity index (χ0v) is 12.0. The number of hydrogen-bond acceptors (Lipinski definition) is 5. The number of nitrogen functional groups attached to an aromatic ring is 1. The van der Waals surface area contributed by atoms with Gasteiger partial charge in [-0.15, -0.1) is 0 Å². The molecule has 2 heterocycles. The second-order valence-electron chi connectivity index (χ2n) is 5.28. The molecule has 1 atom stereocenters. The number of anilines is 1. The molecule has 3 N–H and O–H groups in total. The number of hydrogen-bond donors (Lipinski definition) is 2. The van der Waals surface area contributed by atoms with Gasteiger partial charge < -0.3 is 10.3 Å². The first kappa shape index (κ1) is 14.2. The number of nitrogens with one attached hydrogen (secondary N) is 1. The van der Waals surface area contributed by atoms with Crippen LogP contribution in [0.3, 0.4) is 0 Å². The Labute approximate surface area is 115 Å². The van der Waals surface area contributed by atoms with E-state index >= 15 is 0 Å². The topological polar surface area (TPSA) is 57.4 Å². The molecule has 0 amide bonds. The molecule has 1 aliphatic rings. The minimum atomic E-state index is 0.695. The van der Waals surface area contributed by atoms with Crippen LogP contribution in [0.4, 0.5) is 5.82 Å². The van der Waals surface area contributed by atoms with E-state index in [9.17, 15) is 0 Å². The summed E-state index contributed by atoms with van der Waals surface area (Å²) in [6.07, 6.45) is 4.40. The first-order valence-electron chi connectivity index (χ1n) is 7.07. The smallest absolute Gasteiger partial charge is 0.144 e. The minimum Gasteiger partial charge on any atom is -0.308 e. The predicted octanol–water partition coefficient (Wildman–Crippen LogP) is 1.28. The summed E-state index contributed by atoms with van der Waals surface area (Å²) in [5, 5.41) is 0. The molecule has 0 bridgehead atoms. The van der Waals surface area contributed by atoms with E-state index in [0.717, 1.165) is 31.0 Å². The van der Waals surface area contributed by atoms with Gasteiger partial charge in [0.15, 0.2) is 0 Å². The molecule has 0 spiro atoms. The SMILES string of the molecule is CCN1CCCC1CN(C)Cc1cccnc1NN. The lowest BCUT2D eigenvalue weighted by Gasteiger charge is -2.28. The lowest BCUT2D eigenvalue weighted by Crippen LogP contribution is -2.38. The second kappa shape index (κ2) is 6.84. The fourth-order valence-electron chi connectivity index (χ4n) is 2.93. The number of hydrazine groups is 1. The van der Waals surface area contributed by atoms with Crippen LogP contribution in [0.15, 0.2) is 18.3 Å². The summed E-state index contributed by atoms with van der Waals surface area (Å²) in [4.78, 5) is 9.17. The number of nitrogens with two attached hydrogens (primary N) is 1. The third kappa shape index (κ3) is 3.65. The molecule has 1 fully saturated rings. The number of pyridine rings is 1. The van der Waals surface area contributed by atoms with Crippen molar-refractivity contribution in [1.82, 2.24) is 14.8 Å². The van der Waals surface area contributed by atoms with Crippen LogP contribution >= 0.6 is 0 Å². The molecule has 1 aromatic heterocycles. The molecular weight excluding hydrogens is 238 g/mol.